The Balaban J connectivity index is 1.63. The summed E-state index contributed by atoms with van der Waals surface area (Å²) in [6, 6.07) is 5.49. The van der Waals surface area contributed by atoms with Crippen molar-refractivity contribution >= 4 is 0 Å². The van der Waals surface area contributed by atoms with E-state index in [0.29, 0.717) is 18.1 Å². The van der Waals surface area contributed by atoms with E-state index in [0.717, 1.165) is 51.4 Å². The van der Waals surface area contributed by atoms with Crippen LogP contribution in [-0.2, 0) is 0 Å². The monoisotopic (exact) mass is 492 g/mol. The van der Waals surface area contributed by atoms with Crippen molar-refractivity contribution in [3.8, 4) is 16.9 Å². The van der Waals surface area contributed by atoms with Gasteiger partial charge < -0.3 is 4.74 Å². The number of ether oxygens (including phenoxy) is 1. The molecule has 0 N–H and O–H groups in total. The summed E-state index contributed by atoms with van der Waals surface area (Å²) >= 11 is 0. The van der Waals surface area contributed by atoms with Crippen LogP contribution in [0.3, 0.4) is 0 Å². The number of hydrogen-bond donors (Lipinski definition) is 0. The standard InChI is InChI=1S/C30H40F4O/c1-3-5-6-7-8-9-10-20-35-26-19-18-25(29(33)30(26)34)24-17-16-23(27(31)28(24)32)22-14-12-21(11-4-2)13-15-22/h16-19,21-22H,3-15,20H2,1-2H3. The largest absolute Gasteiger partial charge is 0.490 e. The fourth-order valence-electron chi connectivity index (χ4n) is 5.35. The summed E-state index contributed by atoms with van der Waals surface area (Å²) in [5, 5.41) is 0. The first kappa shape index (κ1) is 27.5. The molecule has 0 aromatic heterocycles. The lowest BCUT2D eigenvalue weighted by Gasteiger charge is -2.29. The molecule has 0 spiro atoms. The van der Waals surface area contributed by atoms with Crippen molar-refractivity contribution in [3.63, 3.8) is 0 Å². The molecule has 1 fully saturated rings. The van der Waals surface area contributed by atoms with E-state index in [1.807, 2.05) is 0 Å². The normalized spacial score (nSPS) is 18.1. The highest BCUT2D eigenvalue weighted by Crippen LogP contribution is 2.40. The lowest BCUT2D eigenvalue weighted by atomic mass is 9.77. The molecular weight excluding hydrogens is 452 g/mol. The van der Waals surface area contributed by atoms with Gasteiger partial charge in [0.2, 0.25) is 5.82 Å². The van der Waals surface area contributed by atoms with E-state index >= 15 is 8.78 Å². The van der Waals surface area contributed by atoms with Gasteiger partial charge in [-0.05, 0) is 61.6 Å². The highest BCUT2D eigenvalue weighted by molar-refractivity contribution is 5.66. The number of halogens is 4. The minimum Gasteiger partial charge on any atom is -0.490 e. The Bertz CT molecular complexity index is 934. The quantitative estimate of drug-likeness (QED) is 0.200. The Morgan fingerprint density at radius 1 is 0.657 bits per heavy atom. The molecule has 3 rings (SSSR count). The van der Waals surface area contributed by atoms with Crippen LogP contribution < -0.4 is 4.74 Å². The molecule has 2 aromatic rings. The highest BCUT2D eigenvalue weighted by Gasteiger charge is 2.27. The average Bonchev–Trinajstić information content (AvgIpc) is 2.86. The molecule has 2 aromatic carbocycles. The summed E-state index contributed by atoms with van der Waals surface area (Å²) in [5.41, 5.74) is -0.210. The van der Waals surface area contributed by atoms with Gasteiger partial charge in [0.1, 0.15) is 0 Å². The third-order valence-corrected chi connectivity index (χ3v) is 7.44. The zero-order valence-electron chi connectivity index (χ0n) is 21.3. The second-order valence-corrected chi connectivity index (χ2v) is 10.0. The Morgan fingerprint density at radius 3 is 1.91 bits per heavy atom. The van der Waals surface area contributed by atoms with Crippen LogP contribution in [0.4, 0.5) is 17.6 Å². The zero-order chi connectivity index (χ0) is 25.2. The van der Waals surface area contributed by atoms with E-state index in [1.54, 1.807) is 6.07 Å². The van der Waals surface area contributed by atoms with Crippen molar-refractivity contribution in [1.82, 2.24) is 0 Å². The van der Waals surface area contributed by atoms with Gasteiger partial charge in [-0.3, -0.25) is 0 Å². The molecule has 0 amide bonds. The van der Waals surface area contributed by atoms with Gasteiger partial charge in [-0.2, -0.15) is 4.39 Å². The Labute approximate surface area is 208 Å². The van der Waals surface area contributed by atoms with E-state index in [-0.39, 0.29) is 22.8 Å². The van der Waals surface area contributed by atoms with Gasteiger partial charge in [-0.25, -0.2) is 13.2 Å². The summed E-state index contributed by atoms with van der Waals surface area (Å²) in [6.45, 7) is 4.63. The van der Waals surface area contributed by atoms with Crippen molar-refractivity contribution in [1.29, 1.82) is 0 Å². The molecule has 1 aliphatic rings. The predicted octanol–water partition coefficient (Wildman–Crippen LogP) is 10.1. The van der Waals surface area contributed by atoms with Crippen molar-refractivity contribution < 1.29 is 22.3 Å². The van der Waals surface area contributed by atoms with Crippen LogP contribution in [0.5, 0.6) is 5.75 Å². The molecule has 0 atom stereocenters. The van der Waals surface area contributed by atoms with Crippen LogP contribution in [0.25, 0.3) is 11.1 Å². The molecule has 0 unspecified atom stereocenters. The first-order valence-electron chi connectivity index (χ1n) is 13.6. The number of benzene rings is 2. The van der Waals surface area contributed by atoms with Gasteiger partial charge in [0.05, 0.1) is 6.61 Å². The molecule has 0 aliphatic heterocycles. The SMILES string of the molecule is CCCCCCCCCOc1ccc(-c2ccc(C3CCC(CCC)CC3)c(F)c2F)c(F)c1F. The van der Waals surface area contributed by atoms with E-state index in [1.165, 1.54) is 50.3 Å². The van der Waals surface area contributed by atoms with Crippen LogP contribution in [0.1, 0.15) is 109 Å². The molecule has 0 saturated heterocycles. The van der Waals surface area contributed by atoms with Crippen LogP contribution in [0.2, 0.25) is 0 Å². The summed E-state index contributed by atoms with van der Waals surface area (Å²) < 4.78 is 64.9. The second-order valence-electron chi connectivity index (χ2n) is 10.0. The Morgan fingerprint density at radius 2 is 1.26 bits per heavy atom. The first-order chi connectivity index (χ1) is 17.0. The first-order valence-corrected chi connectivity index (χ1v) is 13.6. The molecule has 35 heavy (non-hydrogen) atoms. The molecule has 0 radical (unpaired) electrons. The van der Waals surface area contributed by atoms with Gasteiger partial charge in [0, 0.05) is 11.1 Å². The van der Waals surface area contributed by atoms with E-state index in [9.17, 15) is 8.78 Å². The van der Waals surface area contributed by atoms with Gasteiger partial charge >= 0.3 is 0 Å². The minimum absolute atomic E-state index is 0.0318. The summed E-state index contributed by atoms with van der Waals surface area (Å²) in [5.74, 6) is -4.01. The topological polar surface area (TPSA) is 9.23 Å². The van der Waals surface area contributed by atoms with Crippen LogP contribution in [0.15, 0.2) is 24.3 Å². The number of unbranched alkanes of at least 4 members (excludes halogenated alkanes) is 6. The van der Waals surface area contributed by atoms with E-state index in [4.69, 9.17) is 4.74 Å². The predicted molar refractivity (Wildman–Crippen MR) is 135 cm³/mol. The fourth-order valence-corrected chi connectivity index (χ4v) is 5.35. The van der Waals surface area contributed by atoms with Crippen LogP contribution >= 0.6 is 0 Å². The summed E-state index contributed by atoms with van der Waals surface area (Å²) in [4.78, 5) is 0. The van der Waals surface area contributed by atoms with Crippen molar-refractivity contribution in [2.45, 2.75) is 103 Å². The zero-order valence-corrected chi connectivity index (χ0v) is 21.3. The number of rotatable bonds is 13. The van der Waals surface area contributed by atoms with Gasteiger partial charge in [0.15, 0.2) is 23.2 Å². The highest BCUT2D eigenvalue weighted by atomic mass is 19.2. The smallest absolute Gasteiger partial charge is 0.201 e. The maximum atomic E-state index is 15.0. The average molecular weight is 493 g/mol. The lowest BCUT2D eigenvalue weighted by Crippen LogP contribution is -2.15. The van der Waals surface area contributed by atoms with E-state index < -0.39 is 23.3 Å². The van der Waals surface area contributed by atoms with Gasteiger partial charge in [-0.1, -0.05) is 77.3 Å². The van der Waals surface area contributed by atoms with E-state index in [2.05, 4.69) is 13.8 Å². The summed E-state index contributed by atoms with van der Waals surface area (Å²) in [6.07, 6.45) is 13.7. The maximum Gasteiger partial charge on any atom is 0.201 e. The number of hydrogen-bond acceptors (Lipinski definition) is 1. The Hall–Kier alpha value is -2.04. The van der Waals surface area contributed by atoms with Crippen LogP contribution in [-0.4, -0.2) is 6.61 Å². The van der Waals surface area contributed by atoms with Crippen LogP contribution in [0, 0.1) is 29.2 Å². The molecule has 0 heterocycles. The third-order valence-electron chi connectivity index (χ3n) is 7.44. The third kappa shape index (κ3) is 7.24. The minimum atomic E-state index is -1.21. The van der Waals surface area contributed by atoms with Gasteiger partial charge in [0.25, 0.3) is 0 Å². The lowest BCUT2D eigenvalue weighted by molar-refractivity contribution is 0.285. The molecule has 0 bridgehead atoms. The van der Waals surface area contributed by atoms with Crippen molar-refractivity contribution in [3.05, 3.63) is 53.1 Å². The molecular formula is C30H40F4O. The molecule has 5 heteroatoms. The molecule has 1 aliphatic carbocycles. The Kier molecular flexibility index (Phi) is 10.9. The molecule has 1 nitrogen and oxygen atoms in total. The van der Waals surface area contributed by atoms with Crippen molar-refractivity contribution in [2.24, 2.45) is 5.92 Å². The second kappa shape index (κ2) is 13.9. The molecule has 1 saturated carbocycles. The maximum absolute atomic E-state index is 15.0. The molecule has 194 valence electrons. The summed E-state index contributed by atoms with van der Waals surface area (Å²) in [7, 11) is 0. The fraction of sp³-hybridized carbons (Fsp3) is 0.600. The van der Waals surface area contributed by atoms with Gasteiger partial charge in [-0.15, -0.1) is 0 Å². The van der Waals surface area contributed by atoms with Crippen molar-refractivity contribution in [2.75, 3.05) is 6.61 Å².